The fourth-order valence-electron chi connectivity index (χ4n) is 1.56. The predicted molar refractivity (Wildman–Crippen MR) is 45.8 cm³/mol. The van der Waals surface area contributed by atoms with Crippen LogP contribution in [-0.2, 0) is 4.79 Å². The molecule has 13 heavy (non-hydrogen) atoms. The molecule has 0 spiro atoms. The van der Waals surface area contributed by atoms with Crippen molar-refractivity contribution < 1.29 is 13.6 Å². The third-order valence-corrected chi connectivity index (χ3v) is 2.68. The smallest absolute Gasteiger partial charge is 0.251 e. The number of hydrogen-bond donors (Lipinski definition) is 0. The summed E-state index contributed by atoms with van der Waals surface area (Å²) in [5, 5.41) is 0. The highest BCUT2D eigenvalue weighted by molar-refractivity contribution is 5.58. The van der Waals surface area contributed by atoms with E-state index < -0.39 is 6.43 Å². The molecule has 0 radical (unpaired) electrons. The number of halogens is 2. The first-order valence-corrected chi connectivity index (χ1v) is 4.52. The Morgan fingerprint density at radius 1 is 1.46 bits per heavy atom. The summed E-state index contributed by atoms with van der Waals surface area (Å²) in [6.45, 7) is 2.95. The summed E-state index contributed by atoms with van der Waals surface area (Å²) < 4.78 is 24.0. The van der Waals surface area contributed by atoms with E-state index in [2.05, 4.69) is 0 Å². The third-order valence-electron chi connectivity index (χ3n) is 2.68. The van der Waals surface area contributed by atoms with Crippen LogP contribution in [0.25, 0.3) is 0 Å². The monoisotopic (exact) mass is 191 g/mol. The van der Waals surface area contributed by atoms with Crippen LogP contribution in [0.5, 0.6) is 0 Å². The van der Waals surface area contributed by atoms with E-state index in [0.717, 1.165) is 6.29 Å². The molecule has 1 heterocycles. The molecule has 4 heteroatoms. The average Bonchev–Trinajstić information content (AvgIpc) is 2.09. The minimum absolute atomic E-state index is 0.158. The molecule has 2 nitrogen and oxygen atoms in total. The van der Waals surface area contributed by atoms with Crippen LogP contribution in [0.2, 0.25) is 0 Å². The van der Waals surface area contributed by atoms with Crippen LogP contribution in [0, 0.1) is 5.41 Å². The Kier molecular flexibility index (Phi) is 3.36. The Labute approximate surface area is 76.9 Å². The maximum Gasteiger partial charge on any atom is 0.251 e. The van der Waals surface area contributed by atoms with E-state index >= 15 is 0 Å². The molecule has 0 saturated carbocycles. The SMILES string of the molecule is CC1(C=O)CCN(CC(F)F)CC1. The lowest BCUT2D eigenvalue weighted by Gasteiger charge is -2.35. The van der Waals surface area contributed by atoms with Gasteiger partial charge in [-0.15, -0.1) is 0 Å². The molecule has 1 aliphatic rings. The lowest BCUT2D eigenvalue weighted by molar-refractivity contribution is -0.117. The first kappa shape index (κ1) is 10.6. The average molecular weight is 191 g/mol. The number of piperidine rings is 1. The van der Waals surface area contributed by atoms with Crippen LogP contribution in [0.3, 0.4) is 0 Å². The number of likely N-dealkylation sites (tertiary alicyclic amines) is 1. The number of hydrogen-bond acceptors (Lipinski definition) is 2. The molecule has 0 aromatic carbocycles. The summed E-state index contributed by atoms with van der Waals surface area (Å²) in [5.74, 6) is 0. The van der Waals surface area contributed by atoms with Crippen LogP contribution in [0.15, 0.2) is 0 Å². The van der Waals surface area contributed by atoms with Gasteiger partial charge in [-0.3, -0.25) is 4.90 Å². The molecule has 0 atom stereocenters. The second kappa shape index (κ2) is 4.13. The Morgan fingerprint density at radius 2 is 2.00 bits per heavy atom. The number of nitrogens with zero attached hydrogens (tertiary/aromatic N) is 1. The minimum Gasteiger partial charge on any atom is -0.303 e. The fourth-order valence-corrected chi connectivity index (χ4v) is 1.56. The molecule has 0 bridgehead atoms. The van der Waals surface area contributed by atoms with Gasteiger partial charge in [0, 0.05) is 5.41 Å². The second-order valence-corrected chi connectivity index (χ2v) is 3.96. The molecule has 0 aromatic heterocycles. The molecule has 0 aliphatic carbocycles. The minimum atomic E-state index is -2.26. The second-order valence-electron chi connectivity index (χ2n) is 3.96. The first-order valence-electron chi connectivity index (χ1n) is 4.52. The molecule has 0 N–H and O–H groups in total. The van der Waals surface area contributed by atoms with E-state index in [1.807, 2.05) is 6.92 Å². The van der Waals surface area contributed by atoms with Crippen LogP contribution in [0.4, 0.5) is 8.78 Å². The number of alkyl halides is 2. The standard InChI is InChI=1S/C9H15F2NO/c1-9(7-13)2-4-12(5-3-9)6-8(10)11/h7-8H,2-6H2,1H3. The summed E-state index contributed by atoms with van der Waals surface area (Å²) in [4.78, 5) is 12.4. The molecule has 1 aliphatic heterocycles. The predicted octanol–water partition coefficient (Wildman–Crippen LogP) is 1.55. The summed E-state index contributed by atoms with van der Waals surface area (Å²) in [6, 6.07) is 0. The maximum atomic E-state index is 12.0. The van der Waals surface area contributed by atoms with E-state index in [4.69, 9.17) is 0 Å². The summed E-state index contributed by atoms with van der Waals surface area (Å²) in [7, 11) is 0. The van der Waals surface area contributed by atoms with E-state index in [1.165, 1.54) is 0 Å². The van der Waals surface area contributed by atoms with Crippen molar-refractivity contribution in [3.05, 3.63) is 0 Å². The molecular formula is C9H15F2NO. The van der Waals surface area contributed by atoms with Gasteiger partial charge in [0.2, 0.25) is 0 Å². The van der Waals surface area contributed by atoms with E-state index in [9.17, 15) is 13.6 Å². The molecule has 1 fully saturated rings. The summed E-state index contributed by atoms with van der Waals surface area (Å²) in [6.07, 6.45) is 0.0830. The van der Waals surface area contributed by atoms with Gasteiger partial charge in [0.25, 0.3) is 6.43 Å². The maximum absolute atomic E-state index is 12.0. The zero-order chi connectivity index (χ0) is 9.90. The van der Waals surface area contributed by atoms with Crippen LogP contribution >= 0.6 is 0 Å². The number of aldehydes is 1. The lowest BCUT2D eigenvalue weighted by Crippen LogP contribution is -2.41. The lowest BCUT2D eigenvalue weighted by atomic mass is 9.82. The highest BCUT2D eigenvalue weighted by Crippen LogP contribution is 2.28. The topological polar surface area (TPSA) is 20.3 Å². The fraction of sp³-hybridized carbons (Fsp3) is 0.889. The van der Waals surface area contributed by atoms with Crippen molar-refractivity contribution >= 4 is 6.29 Å². The molecule has 76 valence electrons. The molecule has 1 rings (SSSR count). The highest BCUT2D eigenvalue weighted by Gasteiger charge is 2.30. The largest absolute Gasteiger partial charge is 0.303 e. The zero-order valence-corrected chi connectivity index (χ0v) is 7.80. The van der Waals surface area contributed by atoms with Crippen LogP contribution < -0.4 is 0 Å². The Hall–Kier alpha value is -0.510. The summed E-state index contributed by atoms with van der Waals surface area (Å²) in [5.41, 5.74) is -0.279. The number of rotatable bonds is 3. The first-order chi connectivity index (χ1) is 6.06. The Bertz CT molecular complexity index is 176. The van der Waals surface area contributed by atoms with Crippen molar-refractivity contribution in [2.75, 3.05) is 19.6 Å². The van der Waals surface area contributed by atoms with Gasteiger partial charge in [0.1, 0.15) is 6.29 Å². The van der Waals surface area contributed by atoms with Crippen molar-refractivity contribution in [2.24, 2.45) is 5.41 Å². The quantitative estimate of drug-likeness (QED) is 0.631. The van der Waals surface area contributed by atoms with Gasteiger partial charge in [-0.25, -0.2) is 8.78 Å². The normalized spacial score (nSPS) is 23.4. The molecular weight excluding hydrogens is 176 g/mol. The van der Waals surface area contributed by atoms with Crippen LogP contribution in [0.1, 0.15) is 19.8 Å². The van der Waals surface area contributed by atoms with Gasteiger partial charge in [-0.1, -0.05) is 6.92 Å². The van der Waals surface area contributed by atoms with E-state index in [-0.39, 0.29) is 12.0 Å². The Balaban J connectivity index is 2.34. The van der Waals surface area contributed by atoms with Crippen molar-refractivity contribution in [3.63, 3.8) is 0 Å². The van der Waals surface area contributed by atoms with Crippen molar-refractivity contribution in [1.82, 2.24) is 4.90 Å². The highest BCUT2D eigenvalue weighted by atomic mass is 19.3. The van der Waals surface area contributed by atoms with Gasteiger partial charge in [-0.2, -0.15) is 0 Å². The van der Waals surface area contributed by atoms with Crippen molar-refractivity contribution in [2.45, 2.75) is 26.2 Å². The number of carbonyl (C=O) groups excluding carboxylic acids is 1. The Morgan fingerprint density at radius 3 is 2.38 bits per heavy atom. The molecule has 0 aromatic rings. The summed E-state index contributed by atoms with van der Waals surface area (Å²) >= 11 is 0. The molecule has 0 unspecified atom stereocenters. The van der Waals surface area contributed by atoms with Gasteiger partial charge >= 0.3 is 0 Å². The van der Waals surface area contributed by atoms with Crippen molar-refractivity contribution in [3.8, 4) is 0 Å². The third kappa shape index (κ3) is 3.03. The number of carbonyl (C=O) groups is 1. The van der Waals surface area contributed by atoms with E-state index in [0.29, 0.717) is 25.9 Å². The van der Waals surface area contributed by atoms with Gasteiger partial charge < -0.3 is 4.79 Å². The van der Waals surface area contributed by atoms with Gasteiger partial charge in [0.05, 0.1) is 6.54 Å². The molecule has 0 amide bonds. The zero-order valence-electron chi connectivity index (χ0n) is 7.80. The molecule has 1 saturated heterocycles. The van der Waals surface area contributed by atoms with E-state index in [1.54, 1.807) is 4.90 Å². The van der Waals surface area contributed by atoms with Crippen molar-refractivity contribution in [1.29, 1.82) is 0 Å². The van der Waals surface area contributed by atoms with Gasteiger partial charge in [0.15, 0.2) is 0 Å². The van der Waals surface area contributed by atoms with Crippen LogP contribution in [-0.4, -0.2) is 37.2 Å². The van der Waals surface area contributed by atoms with Gasteiger partial charge in [-0.05, 0) is 25.9 Å².